The number of hydrogen-bond donors (Lipinski definition) is 1. The maximum absolute atomic E-state index is 11.6. The van der Waals surface area contributed by atoms with Crippen molar-refractivity contribution in [3.05, 3.63) is 51.7 Å². The van der Waals surface area contributed by atoms with E-state index in [0.29, 0.717) is 10.7 Å². The predicted molar refractivity (Wildman–Crippen MR) is 85.0 cm³/mol. The Morgan fingerprint density at radius 1 is 1.38 bits per heavy atom. The van der Waals surface area contributed by atoms with Gasteiger partial charge >= 0.3 is 5.97 Å². The van der Waals surface area contributed by atoms with Gasteiger partial charge in [-0.05, 0) is 23.6 Å². The number of ether oxygens (including phenoxy) is 1. The maximum Gasteiger partial charge on any atom is 0.325 e. The highest BCUT2D eigenvalue weighted by Crippen LogP contribution is 2.28. The first-order chi connectivity index (χ1) is 10.1. The van der Waals surface area contributed by atoms with Crippen molar-refractivity contribution < 1.29 is 14.6 Å². The number of esters is 1. The molecule has 0 aliphatic heterocycles. The average Bonchev–Trinajstić information content (AvgIpc) is 3.01. The number of nitrogens with zero attached hydrogens (tertiary/aromatic N) is 1. The number of benzene rings is 1. The van der Waals surface area contributed by atoms with Crippen LogP contribution >= 0.6 is 22.9 Å². The van der Waals surface area contributed by atoms with Crippen LogP contribution in [0.2, 0.25) is 5.02 Å². The van der Waals surface area contributed by atoms with E-state index in [9.17, 15) is 9.90 Å². The first-order valence-corrected chi connectivity index (χ1v) is 7.65. The molecule has 0 unspecified atom stereocenters. The van der Waals surface area contributed by atoms with E-state index in [1.165, 1.54) is 18.4 Å². The molecular formula is C15H16ClNO3S. The molecule has 1 aromatic carbocycles. The van der Waals surface area contributed by atoms with E-state index in [1.54, 1.807) is 11.0 Å². The van der Waals surface area contributed by atoms with Crippen LogP contribution in [0.5, 0.6) is 0 Å². The minimum atomic E-state index is -0.689. The molecule has 6 heteroatoms. The fraction of sp³-hybridized carbons (Fsp3) is 0.267. The van der Waals surface area contributed by atoms with Crippen LogP contribution in [0.25, 0.3) is 0 Å². The molecule has 0 bridgehead atoms. The standard InChI is InChI=1S/C15H16ClNO3S/c1-20-15(19)10-17(12-6-3-2-5-11(12)16)9-13(18)14-7-4-8-21-14/h2-8,13,18H,9-10H2,1H3/t13-/m1/s1. The van der Waals surface area contributed by atoms with E-state index in [-0.39, 0.29) is 19.1 Å². The van der Waals surface area contributed by atoms with Gasteiger partial charge in [-0.15, -0.1) is 11.3 Å². The number of aliphatic hydroxyl groups is 1. The minimum Gasteiger partial charge on any atom is -0.468 e. The van der Waals surface area contributed by atoms with Gasteiger partial charge in [-0.2, -0.15) is 0 Å². The van der Waals surface area contributed by atoms with Crippen LogP contribution in [0.3, 0.4) is 0 Å². The van der Waals surface area contributed by atoms with Crippen LogP contribution in [-0.4, -0.2) is 31.3 Å². The molecule has 1 aromatic heterocycles. The highest BCUT2D eigenvalue weighted by atomic mass is 35.5. The summed E-state index contributed by atoms with van der Waals surface area (Å²) in [5.41, 5.74) is 0.695. The number of para-hydroxylation sites is 1. The molecule has 0 amide bonds. The summed E-state index contributed by atoms with van der Waals surface area (Å²) in [7, 11) is 1.34. The molecule has 1 atom stereocenters. The van der Waals surface area contributed by atoms with E-state index in [1.807, 2.05) is 35.7 Å². The smallest absolute Gasteiger partial charge is 0.325 e. The Hall–Kier alpha value is -1.56. The summed E-state index contributed by atoms with van der Waals surface area (Å²) in [6.07, 6.45) is -0.689. The second-order valence-electron chi connectivity index (χ2n) is 4.44. The Balaban J connectivity index is 2.20. The molecule has 21 heavy (non-hydrogen) atoms. The van der Waals surface area contributed by atoms with Crippen molar-refractivity contribution in [3.63, 3.8) is 0 Å². The molecule has 0 spiro atoms. The molecule has 0 aliphatic carbocycles. The third-order valence-corrected chi connectivity index (χ3v) is 4.30. The molecule has 0 fully saturated rings. The SMILES string of the molecule is COC(=O)CN(C[C@@H](O)c1cccs1)c1ccccc1Cl. The van der Waals surface area contributed by atoms with E-state index in [2.05, 4.69) is 0 Å². The monoisotopic (exact) mass is 325 g/mol. The van der Waals surface area contributed by atoms with Gasteiger partial charge in [0, 0.05) is 11.4 Å². The lowest BCUT2D eigenvalue weighted by Gasteiger charge is -2.26. The second kappa shape index (κ2) is 7.45. The highest BCUT2D eigenvalue weighted by Gasteiger charge is 2.19. The van der Waals surface area contributed by atoms with E-state index in [0.717, 1.165) is 4.88 Å². The number of hydrogen-bond acceptors (Lipinski definition) is 5. The van der Waals surface area contributed by atoms with Crippen molar-refractivity contribution in [2.75, 3.05) is 25.1 Å². The summed E-state index contributed by atoms with van der Waals surface area (Å²) in [6, 6.07) is 11.0. The number of anilines is 1. The number of halogens is 1. The highest BCUT2D eigenvalue weighted by molar-refractivity contribution is 7.10. The number of thiophene rings is 1. The summed E-state index contributed by atoms with van der Waals surface area (Å²) in [5, 5.41) is 12.7. The Kier molecular flexibility index (Phi) is 5.61. The zero-order valence-electron chi connectivity index (χ0n) is 11.5. The number of aliphatic hydroxyl groups excluding tert-OH is 1. The van der Waals surface area contributed by atoms with Crippen molar-refractivity contribution in [1.29, 1.82) is 0 Å². The van der Waals surface area contributed by atoms with Crippen molar-refractivity contribution in [2.45, 2.75) is 6.10 Å². The van der Waals surface area contributed by atoms with Gasteiger partial charge in [0.1, 0.15) is 12.6 Å². The molecule has 0 saturated heterocycles. The lowest BCUT2D eigenvalue weighted by atomic mass is 10.2. The zero-order valence-corrected chi connectivity index (χ0v) is 13.1. The van der Waals surface area contributed by atoms with Gasteiger partial charge in [0.05, 0.1) is 17.8 Å². The minimum absolute atomic E-state index is 0.0304. The summed E-state index contributed by atoms with van der Waals surface area (Å²) in [4.78, 5) is 14.2. The summed E-state index contributed by atoms with van der Waals surface area (Å²) in [6.45, 7) is 0.294. The van der Waals surface area contributed by atoms with Gasteiger partial charge in [0.25, 0.3) is 0 Å². The Labute approximate surface area is 132 Å². The summed E-state index contributed by atoms with van der Waals surface area (Å²) < 4.78 is 4.71. The quantitative estimate of drug-likeness (QED) is 0.829. The lowest BCUT2D eigenvalue weighted by Crippen LogP contribution is -2.34. The van der Waals surface area contributed by atoms with Crippen LogP contribution in [0.1, 0.15) is 11.0 Å². The number of rotatable bonds is 6. The molecule has 2 aromatic rings. The predicted octanol–water partition coefficient (Wildman–Crippen LogP) is 3.11. The zero-order chi connectivity index (χ0) is 15.2. The van der Waals surface area contributed by atoms with Crippen molar-refractivity contribution in [2.24, 2.45) is 0 Å². The maximum atomic E-state index is 11.6. The largest absolute Gasteiger partial charge is 0.468 e. The average molecular weight is 326 g/mol. The topological polar surface area (TPSA) is 49.8 Å². The van der Waals surface area contributed by atoms with Gasteiger partial charge in [-0.25, -0.2) is 0 Å². The van der Waals surface area contributed by atoms with Crippen LogP contribution in [-0.2, 0) is 9.53 Å². The molecule has 1 N–H and O–H groups in total. The van der Waals surface area contributed by atoms with Crippen LogP contribution in [0.4, 0.5) is 5.69 Å². The molecule has 112 valence electrons. The number of carbonyl (C=O) groups excluding carboxylic acids is 1. The molecule has 0 radical (unpaired) electrons. The van der Waals surface area contributed by atoms with Crippen molar-refractivity contribution in [1.82, 2.24) is 0 Å². The van der Waals surface area contributed by atoms with Gasteiger partial charge in [0.15, 0.2) is 0 Å². The van der Waals surface area contributed by atoms with E-state index in [4.69, 9.17) is 16.3 Å². The van der Waals surface area contributed by atoms with Gasteiger partial charge in [0.2, 0.25) is 0 Å². The number of carbonyl (C=O) groups is 1. The van der Waals surface area contributed by atoms with E-state index < -0.39 is 6.10 Å². The van der Waals surface area contributed by atoms with Crippen molar-refractivity contribution >= 4 is 34.6 Å². The van der Waals surface area contributed by atoms with Gasteiger partial charge in [-0.1, -0.05) is 29.8 Å². The Morgan fingerprint density at radius 2 is 2.14 bits per heavy atom. The Bertz CT molecular complexity index is 588. The fourth-order valence-electron chi connectivity index (χ4n) is 1.96. The molecule has 0 aliphatic rings. The Morgan fingerprint density at radius 3 is 2.76 bits per heavy atom. The van der Waals surface area contributed by atoms with Gasteiger partial charge in [-0.3, -0.25) is 4.79 Å². The van der Waals surface area contributed by atoms with Crippen LogP contribution in [0.15, 0.2) is 41.8 Å². The first-order valence-electron chi connectivity index (χ1n) is 6.39. The second-order valence-corrected chi connectivity index (χ2v) is 5.83. The third-order valence-electron chi connectivity index (χ3n) is 3.01. The van der Waals surface area contributed by atoms with Crippen LogP contribution in [0, 0.1) is 0 Å². The van der Waals surface area contributed by atoms with Gasteiger partial charge < -0.3 is 14.7 Å². The molecular weight excluding hydrogens is 310 g/mol. The first kappa shape index (κ1) is 15.8. The van der Waals surface area contributed by atoms with Crippen LogP contribution < -0.4 is 4.90 Å². The molecule has 1 heterocycles. The molecule has 0 saturated carbocycles. The third kappa shape index (κ3) is 4.20. The molecule has 4 nitrogen and oxygen atoms in total. The molecule has 2 rings (SSSR count). The summed E-state index contributed by atoms with van der Waals surface area (Å²) in [5.74, 6) is -0.381. The number of methoxy groups -OCH3 is 1. The fourth-order valence-corrected chi connectivity index (χ4v) is 2.91. The van der Waals surface area contributed by atoms with Crippen molar-refractivity contribution in [3.8, 4) is 0 Å². The summed E-state index contributed by atoms with van der Waals surface area (Å²) >= 11 is 7.65. The van der Waals surface area contributed by atoms with E-state index >= 15 is 0 Å². The normalized spacial score (nSPS) is 12.0. The lowest BCUT2D eigenvalue weighted by molar-refractivity contribution is -0.139.